The van der Waals surface area contributed by atoms with Crippen LogP contribution in [0, 0.1) is 0 Å². The monoisotopic (exact) mass is 408 g/mol. The van der Waals surface area contributed by atoms with E-state index in [1.54, 1.807) is 25.1 Å². The van der Waals surface area contributed by atoms with Crippen molar-refractivity contribution in [2.24, 2.45) is 0 Å². The maximum atomic E-state index is 11.8. The van der Waals surface area contributed by atoms with Crippen molar-refractivity contribution in [2.75, 3.05) is 24.2 Å². The molecule has 138 valence electrons. The number of benzene rings is 2. The van der Waals surface area contributed by atoms with Crippen LogP contribution in [0.5, 0.6) is 0 Å². The van der Waals surface area contributed by atoms with Gasteiger partial charge in [-0.15, -0.1) is 0 Å². The molecule has 0 amide bonds. The lowest BCUT2D eigenvalue weighted by Gasteiger charge is -2.11. The summed E-state index contributed by atoms with van der Waals surface area (Å²) < 4.78 is 5.00. The van der Waals surface area contributed by atoms with E-state index >= 15 is 0 Å². The van der Waals surface area contributed by atoms with Crippen molar-refractivity contribution in [2.45, 2.75) is 12.7 Å². The van der Waals surface area contributed by atoms with Crippen molar-refractivity contribution in [1.82, 2.24) is 5.32 Å². The molecule has 0 unspecified atom stereocenters. The molecule has 0 saturated carbocycles. The van der Waals surface area contributed by atoms with E-state index in [1.807, 2.05) is 42.1 Å². The number of thiocarbonyl (C=S) groups is 1. The van der Waals surface area contributed by atoms with Crippen LogP contribution in [0.4, 0.5) is 5.69 Å². The smallest absolute Gasteiger partial charge is 0.338 e. The van der Waals surface area contributed by atoms with E-state index in [4.69, 9.17) is 28.6 Å². The Kier molecular flexibility index (Phi) is 8.74. The van der Waals surface area contributed by atoms with Gasteiger partial charge in [0.2, 0.25) is 0 Å². The molecule has 0 radical (unpaired) electrons. The van der Waals surface area contributed by atoms with Gasteiger partial charge in [0.05, 0.1) is 12.2 Å². The Balaban J connectivity index is 1.69. The standard InChI is InChI=1S/C19H21ClN2O2S2/c1-2-24-18(23)15-4-3-5-17(12-15)22-19(25)21-10-11-26-13-14-6-8-16(20)9-7-14/h3-9,12H,2,10-11,13H2,1H3,(H2,21,22,25). The molecule has 7 heteroatoms. The van der Waals surface area contributed by atoms with Gasteiger partial charge in [-0.3, -0.25) is 0 Å². The van der Waals surface area contributed by atoms with E-state index in [9.17, 15) is 4.79 Å². The summed E-state index contributed by atoms with van der Waals surface area (Å²) in [7, 11) is 0. The molecule has 0 atom stereocenters. The molecule has 0 aromatic heterocycles. The van der Waals surface area contributed by atoms with Crippen LogP contribution < -0.4 is 10.6 Å². The molecule has 0 spiro atoms. The number of anilines is 1. The van der Waals surface area contributed by atoms with E-state index in [2.05, 4.69) is 10.6 Å². The normalized spacial score (nSPS) is 10.2. The molecule has 0 fully saturated rings. The highest BCUT2D eigenvalue weighted by Crippen LogP contribution is 2.15. The third-order valence-electron chi connectivity index (χ3n) is 3.35. The topological polar surface area (TPSA) is 50.4 Å². The Morgan fingerprint density at radius 1 is 1.23 bits per heavy atom. The number of rotatable bonds is 8. The Labute approximate surface area is 168 Å². The Morgan fingerprint density at radius 2 is 2.00 bits per heavy atom. The van der Waals surface area contributed by atoms with Crippen LogP contribution in [-0.4, -0.2) is 30.0 Å². The Bertz CT molecular complexity index is 739. The number of ether oxygens (including phenoxy) is 1. The number of hydrogen-bond donors (Lipinski definition) is 2. The first kappa shape index (κ1) is 20.6. The highest BCUT2D eigenvalue weighted by molar-refractivity contribution is 7.98. The van der Waals surface area contributed by atoms with Crippen LogP contribution in [0.25, 0.3) is 0 Å². The van der Waals surface area contributed by atoms with Gasteiger partial charge >= 0.3 is 5.97 Å². The third-order valence-corrected chi connectivity index (χ3v) is 4.87. The number of thioether (sulfide) groups is 1. The van der Waals surface area contributed by atoms with Crippen molar-refractivity contribution in [3.8, 4) is 0 Å². The summed E-state index contributed by atoms with van der Waals surface area (Å²) in [6.45, 7) is 2.88. The van der Waals surface area contributed by atoms with Crippen molar-refractivity contribution < 1.29 is 9.53 Å². The lowest BCUT2D eigenvalue weighted by atomic mass is 10.2. The first-order valence-corrected chi connectivity index (χ1v) is 10.2. The summed E-state index contributed by atoms with van der Waals surface area (Å²) in [5, 5.41) is 7.52. The molecule has 0 aliphatic heterocycles. The van der Waals surface area contributed by atoms with E-state index in [0.717, 1.165) is 28.8 Å². The lowest BCUT2D eigenvalue weighted by Crippen LogP contribution is -2.30. The minimum absolute atomic E-state index is 0.339. The minimum atomic E-state index is -0.339. The summed E-state index contributed by atoms with van der Waals surface area (Å²) in [4.78, 5) is 11.8. The summed E-state index contributed by atoms with van der Waals surface area (Å²) in [5.74, 6) is 1.52. The second-order valence-electron chi connectivity index (χ2n) is 5.36. The van der Waals surface area contributed by atoms with Crippen molar-refractivity contribution in [3.63, 3.8) is 0 Å². The Morgan fingerprint density at radius 3 is 2.73 bits per heavy atom. The van der Waals surface area contributed by atoms with Crippen LogP contribution >= 0.6 is 35.6 Å². The van der Waals surface area contributed by atoms with Gasteiger partial charge in [0.15, 0.2) is 5.11 Å². The maximum Gasteiger partial charge on any atom is 0.338 e. The van der Waals surface area contributed by atoms with E-state index in [1.165, 1.54) is 5.56 Å². The molecule has 4 nitrogen and oxygen atoms in total. The van der Waals surface area contributed by atoms with Crippen LogP contribution in [-0.2, 0) is 10.5 Å². The number of hydrogen-bond acceptors (Lipinski definition) is 4. The number of esters is 1. The van der Waals surface area contributed by atoms with Crippen LogP contribution in [0.1, 0.15) is 22.8 Å². The molecule has 0 saturated heterocycles. The second kappa shape index (κ2) is 11.1. The van der Waals surface area contributed by atoms with Gasteiger partial charge in [-0.2, -0.15) is 11.8 Å². The number of carbonyl (C=O) groups excluding carboxylic acids is 1. The number of nitrogens with one attached hydrogen (secondary N) is 2. The first-order chi connectivity index (χ1) is 12.6. The molecule has 0 aliphatic carbocycles. The zero-order chi connectivity index (χ0) is 18.8. The molecule has 2 N–H and O–H groups in total. The van der Waals surface area contributed by atoms with Crippen molar-refractivity contribution in [3.05, 3.63) is 64.7 Å². The summed E-state index contributed by atoms with van der Waals surface area (Å²) >= 11 is 13.0. The van der Waals surface area contributed by atoms with Gasteiger partial charge < -0.3 is 15.4 Å². The van der Waals surface area contributed by atoms with Crippen LogP contribution in [0.2, 0.25) is 5.02 Å². The maximum absolute atomic E-state index is 11.8. The summed E-state index contributed by atoms with van der Waals surface area (Å²) in [5.41, 5.74) is 2.50. The van der Waals surface area contributed by atoms with E-state index < -0.39 is 0 Å². The zero-order valence-electron chi connectivity index (χ0n) is 14.5. The first-order valence-electron chi connectivity index (χ1n) is 8.22. The molecular formula is C19H21ClN2O2S2. The van der Waals surface area contributed by atoms with E-state index in [0.29, 0.717) is 17.3 Å². The van der Waals surface area contributed by atoms with Gasteiger partial charge in [0.1, 0.15) is 0 Å². The predicted molar refractivity (Wildman–Crippen MR) is 114 cm³/mol. The summed E-state index contributed by atoms with van der Waals surface area (Å²) in [6.07, 6.45) is 0. The summed E-state index contributed by atoms with van der Waals surface area (Å²) in [6, 6.07) is 15.0. The molecule has 26 heavy (non-hydrogen) atoms. The van der Waals surface area contributed by atoms with Gasteiger partial charge in [0.25, 0.3) is 0 Å². The number of carbonyl (C=O) groups is 1. The average molecular weight is 409 g/mol. The van der Waals surface area contributed by atoms with Gasteiger partial charge in [-0.1, -0.05) is 29.8 Å². The highest BCUT2D eigenvalue weighted by atomic mass is 35.5. The van der Waals surface area contributed by atoms with Crippen molar-refractivity contribution >= 4 is 52.3 Å². The average Bonchev–Trinajstić information content (AvgIpc) is 2.63. The Hall–Kier alpha value is -1.76. The number of halogens is 1. The fourth-order valence-corrected chi connectivity index (χ4v) is 3.29. The highest BCUT2D eigenvalue weighted by Gasteiger charge is 2.07. The van der Waals surface area contributed by atoms with Crippen LogP contribution in [0.15, 0.2) is 48.5 Å². The largest absolute Gasteiger partial charge is 0.462 e. The molecule has 2 aromatic rings. The van der Waals surface area contributed by atoms with Gasteiger partial charge in [-0.25, -0.2) is 4.79 Å². The molecule has 2 aromatic carbocycles. The molecule has 0 heterocycles. The molecular weight excluding hydrogens is 388 g/mol. The fraction of sp³-hybridized carbons (Fsp3) is 0.263. The minimum Gasteiger partial charge on any atom is -0.462 e. The third kappa shape index (κ3) is 7.23. The quantitative estimate of drug-likeness (QED) is 0.374. The molecule has 2 rings (SSSR count). The van der Waals surface area contributed by atoms with Crippen LogP contribution in [0.3, 0.4) is 0 Å². The molecule has 0 aliphatic rings. The van der Waals surface area contributed by atoms with E-state index in [-0.39, 0.29) is 5.97 Å². The van der Waals surface area contributed by atoms with Crippen molar-refractivity contribution in [1.29, 1.82) is 0 Å². The molecule has 0 bridgehead atoms. The van der Waals surface area contributed by atoms with Gasteiger partial charge in [-0.05, 0) is 55.0 Å². The zero-order valence-corrected chi connectivity index (χ0v) is 16.8. The predicted octanol–water partition coefficient (Wildman–Crippen LogP) is 4.74. The lowest BCUT2D eigenvalue weighted by molar-refractivity contribution is 0.0526. The SMILES string of the molecule is CCOC(=O)c1cccc(NC(=S)NCCSCc2ccc(Cl)cc2)c1. The van der Waals surface area contributed by atoms with Gasteiger partial charge in [0, 0.05) is 28.8 Å². The fourth-order valence-electron chi connectivity index (χ4n) is 2.12. The second-order valence-corrected chi connectivity index (χ2v) is 7.31.